The Morgan fingerprint density at radius 2 is 1.25 bits per heavy atom. The lowest BCUT2D eigenvalue weighted by Crippen LogP contribution is -2.67. The molecule has 18 N–H and O–H groups in total. The number of aryl methyl sites for hydroxylation is 2. The molecule has 3 aromatic carbocycles. The molecule has 0 spiro atoms. The van der Waals surface area contributed by atoms with Crippen LogP contribution in [0.2, 0.25) is 0 Å². The summed E-state index contributed by atoms with van der Waals surface area (Å²) in [5.74, 6) is -12.1. The Bertz CT molecular complexity index is 4570. The van der Waals surface area contributed by atoms with Gasteiger partial charge in [0.1, 0.15) is 82.9 Å². The number of anilines is 1. The fourth-order valence-electron chi connectivity index (χ4n) is 13.2. The Morgan fingerprint density at radius 1 is 0.672 bits per heavy atom. The number of carbonyl (C=O) groups excluding carboxylic acids is 13. The van der Waals surface area contributed by atoms with Crippen molar-refractivity contribution in [1.29, 1.82) is 0 Å². The lowest BCUT2D eigenvalue weighted by Gasteiger charge is -2.36. The number of benzene rings is 3. The maximum atomic E-state index is 15.3. The van der Waals surface area contributed by atoms with Gasteiger partial charge in [0, 0.05) is 79.2 Å². The second-order valence-electron chi connectivity index (χ2n) is 31.8. The second kappa shape index (κ2) is 40.0. The number of nitrogens with zero attached hydrogens (tertiary/aromatic N) is 2. The zero-order valence-electron chi connectivity index (χ0n) is 67.8. The van der Waals surface area contributed by atoms with Crippen molar-refractivity contribution in [2.75, 3.05) is 29.0 Å². The predicted molar refractivity (Wildman–Crippen MR) is 438 cm³/mol. The number of aliphatic hydroxyl groups is 2. The maximum Gasteiger partial charge on any atom is 0.246 e. The summed E-state index contributed by atoms with van der Waals surface area (Å²) in [6.07, 6.45) is 0.177. The second-order valence-corrected chi connectivity index (χ2v) is 35.6. The third kappa shape index (κ3) is 25.6. The van der Waals surface area contributed by atoms with Crippen molar-refractivity contribution in [2.24, 2.45) is 17.1 Å². The van der Waals surface area contributed by atoms with Gasteiger partial charge in [-0.25, -0.2) is 13.4 Å². The molecule has 0 radical (unpaired) electrons. The number of pyridine rings is 1. The molecule has 2 aliphatic rings. The van der Waals surface area contributed by atoms with E-state index >= 15 is 4.79 Å². The fraction of sp³-hybridized carbons (Fsp3) is 0.519. The highest BCUT2D eigenvalue weighted by molar-refractivity contribution is 7.98. The minimum absolute atomic E-state index is 0.0122. The number of phenolic OH excluding ortho intramolecular Hbond substituents is 1. The molecule has 13 atom stereocenters. The van der Waals surface area contributed by atoms with Gasteiger partial charge in [0.15, 0.2) is 0 Å². The van der Waals surface area contributed by atoms with Crippen molar-refractivity contribution in [3.63, 3.8) is 0 Å². The van der Waals surface area contributed by atoms with Crippen LogP contribution >= 0.6 is 23.5 Å². The quantitative estimate of drug-likeness (QED) is 0.0766. The molecule has 4 heterocycles. The molecule has 2 aliphatic heterocycles. The van der Waals surface area contributed by atoms with Gasteiger partial charge in [-0.1, -0.05) is 71.0 Å². The van der Waals surface area contributed by atoms with Gasteiger partial charge in [0.2, 0.25) is 86.8 Å². The summed E-state index contributed by atoms with van der Waals surface area (Å²) in [6, 6.07) is 4.39. The number of aromatic nitrogens is 2. The smallest absolute Gasteiger partial charge is 0.246 e. The van der Waals surface area contributed by atoms with E-state index in [-0.39, 0.29) is 67.3 Å². The summed E-state index contributed by atoms with van der Waals surface area (Å²) in [5, 5.41) is 62.8. The molecule has 2 bridgehead atoms. The molecule has 37 heteroatoms. The van der Waals surface area contributed by atoms with Crippen LogP contribution in [0.4, 0.5) is 5.69 Å². The van der Waals surface area contributed by atoms with E-state index in [1.807, 2.05) is 18.2 Å². The van der Waals surface area contributed by atoms with Gasteiger partial charge in [0.25, 0.3) is 0 Å². The number of nitrogens with one attached hydrogen (secondary N) is 13. The summed E-state index contributed by atoms with van der Waals surface area (Å²) in [4.78, 5) is 197. The first kappa shape index (κ1) is 92.8. The van der Waals surface area contributed by atoms with Crippen LogP contribution in [-0.4, -0.2) is 223 Å². The standard InChI is InChI=1S/C79H110N16O18S3/c1-40(2)79(14)76(111)90-62(45(7)97)72(107)88-58(64(80)100)38-114-36-48-19-16-20-49(31-48)37-115-39-59(84-46(8)98)67(102)91-63(77(9,10)11)73(108)87-57(32-47-23-25-51(26-24-47)94-116(15,112)113)74(109)95-28-18-22-60(95)70(105)89-61(44(6)96)71(106)86-55(33-50-35-82-65-53(50)21-17-27-81-65)68(103)92-78(12,13)75(110)83-43(5)66(101)85-56(69(104)93-79)34-54-41(3)29-52(99)30-42(54)4/h16-17,19-21,23-27,29-31,35,40,43-45,55-63,94,96-97,99H,18,22,28,32-34,36-39H2,1-15H3,(H2,80,100)(H,81,82)(H,83,110)(H,84,98)(H,85,101)(H,86,106)(H,87,108)(H,88,107)(H,89,105)(H,90,111)(H,91,102)(H,92,103)(H,93,104)/t43-,44+,45+,55-,56-,57-,58-,59-,60-,61-,62-,63+,79-/m0/s1. The van der Waals surface area contributed by atoms with Crippen molar-refractivity contribution in [1.82, 2.24) is 73.4 Å². The minimum atomic E-state index is -3.72. The monoisotopic (exact) mass is 1670 g/mol. The summed E-state index contributed by atoms with van der Waals surface area (Å²) in [5.41, 5.74) is 5.40. The molecule has 1 fully saturated rings. The van der Waals surface area contributed by atoms with Crippen molar-refractivity contribution in [3.05, 3.63) is 124 Å². The van der Waals surface area contributed by atoms with Crippen LogP contribution in [0.25, 0.3) is 11.0 Å². The number of amides is 13. The number of phenols is 1. The zero-order valence-corrected chi connectivity index (χ0v) is 70.3. The van der Waals surface area contributed by atoms with Gasteiger partial charge in [-0.2, -0.15) is 23.5 Å². The molecule has 0 saturated carbocycles. The number of hydrogen-bond donors (Lipinski definition) is 17. The Hall–Kier alpha value is -10.4. The van der Waals surface area contributed by atoms with Gasteiger partial charge in [0.05, 0.1) is 18.5 Å². The molecule has 34 nitrogen and oxygen atoms in total. The molecular weight excluding hydrogens is 1560 g/mol. The molecule has 0 aliphatic carbocycles. The van der Waals surface area contributed by atoms with Crippen LogP contribution in [0.3, 0.4) is 0 Å². The van der Waals surface area contributed by atoms with E-state index in [1.54, 1.807) is 72.9 Å². The molecule has 7 rings (SSSR count). The molecular formula is C79H110N16O18S3. The Kier molecular flexibility index (Phi) is 32.0. The number of aromatic amines is 1. The lowest BCUT2D eigenvalue weighted by atomic mass is 9.85. The summed E-state index contributed by atoms with van der Waals surface area (Å²) >= 11 is 2.49. The number of H-pyrrole nitrogens is 1. The van der Waals surface area contributed by atoms with Gasteiger partial charge in [-0.15, -0.1) is 0 Å². The topological polar surface area (TPSA) is 519 Å². The first-order valence-electron chi connectivity index (χ1n) is 38.0. The van der Waals surface area contributed by atoms with E-state index < -0.39 is 182 Å². The van der Waals surface area contributed by atoms with Gasteiger partial charge >= 0.3 is 0 Å². The number of thioether (sulfide) groups is 2. The SMILES string of the molecule is CC(=O)N[C@H]1CSCc2cccc(c2)CSC[C@@H](C(N)=O)NC(=O)[C@H]([C@@H](C)O)NC(=O)[C@](C)(C(C)C)NC(=O)[C@H](Cc2c(C)cc(O)cc2C)NC(=O)[C@H](C)NC(=O)C(C)(C)NC(=O)[C@H](Cc2c[nH]c3ncccc23)NC(=O)[C@H]([C@@H](C)O)NC(=O)[C@@H]2CCCN2C(=O)[C@H](Cc2ccc(NS(C)(=O)=O)cc2)NC(=O)[C@H](C(C)(C)C)NC1=O. The summed E-state index contributed by atoms with van der Waals surface area (Å²) < 4.78 is 26.7. The van der Waals surface area contributed by atoms with Gasteiger partial charge in [-0.05, 0) is 155 Å². The average Bonchev–Trinajstić information content (AvgIpc) is 1.32. The van der Waals surface area contributed by atoms with Crippen LogP contribution in [0.5, 0.6) is 5.75 Å². The van der Waals surface area contributed by atoms with Crippen molar-refractivity contribution in [2.45, 2.75) is 224 Å². The predicted octanol–water partition coefficient (Wildman–Crippen LogP) is 0.578. The summed E-state index contributed by atoms with van der Waals surface area (Å²) in [6.45, 7) is 20.4. The number of primary amides is 1. The van der Waals surface area contributed by atoms with Crippen LogP contribution in [0.15, 0.2) is 85.2 Å². The first-order valence-corrected chi connectivity index (χ1v) is 42.2. The number of aliphatic hydroxyl groups excluding tert-OH is 2. The fourth-order valence-corrected chi connectivity index (χ4v) is 15.8. The van der Waals surface area contributed by atoms with Crippen LogP contribution in [-0.2, 0) is 103 Å². The van der Waals surface area contributed by atoms with E-state index in [1.165, 1.54) is 119 Å². The summed E-state index contributed by atoms with van der Waals surface area (Å²) in [7, 11) is -3.72. The number of nitrogens with two attached hydrogens (primary N) is 1. The Morgan fingerprint density at radius 3 is 1.84 bits per heavy atom. The molecule has 0 unspecified atom stereocenters. The third-order valence-electron chi connectivity index (χ3n) is 20.2. The van der Waals surface area contributed by atoms with Crippen LogP contribution in [0, 0.1) is 25.2 Å². The Labute approximate surface area is 683 Å². The molecule has 13 amide bonds. The van der Waals surface area contributed by atoms with E-state index in [0.717, 1.165) is 17.4 Å². The van der Waals surface area contributed by atoms with E-state index in [0.29, 0.717) is 44.6 Å². The number of hydrogen-bond acceptors (Lipinski definition) is 21. The molecule has 632 valence electrons. The molecule has 116 heavy (non-hydrogen) atoms. The normalized spacial score (nSPS) is 25.1. The van der Waals surface area contributed by atoms with Crippen molar-refractivity contribution < 1.29 is 86.1 Å². The van der Waals surface area contributed by atoms with Crippen LogP contribution < -0.4 is 68.9 Å². The average molecular weight is 1670 g/mol. The minimum Gasteiger partial charge on any atom is -0.508 e. The highest BCUT2D eigenvalue weighted by Gasteiger charge is 2.46. The lowest BCUT2D eigenvalue weighted by molar-refractivity contribution is -0.143. The first-order chi connectivity index (χ1) is 54.2. The number of carbonyl (C=O) groups is 13. The van der Waals surface area contributed by atoms with E-state index in [2.05, 4.69) is 73.2 Å². The Balaban J connectivity index is 1.25. The molecule has 5 aromatic rings. The zero-order chi connectivity index (χ0) is 86.2. The maximum absolute atomic E-state index is 15.3. The molecule has 1 saturated heterocycles. The van der Waals surface area contributed by atoms with Gasteiger partial charge in [-0.3, -0.25) is 67.1 Å². The molecule has 2 aromatic heterocycles. The van der Waals surface area contributed by atoms with Crippen molar-refractivity contribution >= 4 is 127 Å². The van der Waals surface area contributed by atoms with Crippen molar-refractivity contribution in [3.8, 4) is 5.75 Å². The number of rotatable bonds is 13. The van der Waals surface area contributed by atoms with Gasteiger partial charge < -0.3 is 89.4 Å². The van der Waals surface area contributed by atoms with E-state index in [9.17, 15) is 81.3 Å². The highest BCUT2D eigenvalue weighted by Crippen LogP contribution is 2.28. The van der Waals surface area contributed by atoms with E-state index in [4.69, 9.17) is 5.73 Å². The third-order valence-corrected chi connectivity index (χ3v) is 23.0. The number of aromatic hydroxyl groups is 1. The number of sulfonamides is 1. The highest BCUT2D eigenvalue weighted by atomic mass is 32.2. The number of fused-ring (bicyclic) bond motifs is 4. The van der Waals surface area contributed by atoms with Crippen LogP contribution in [0.1, 0.15) is 135 Å². The largest absolute Gasteiger partial charge is 0.508 e.